The molecule has 7 nitrogen and oxygen atoms in total. The van der Waals surface area contributed by atoms with Crippen LogP contribution in [0.15, 0.2) is 35.1 Å². The lowest BCUT2D eigenvalue weighted by Crippen LogP contribution is -2.16. The molecule has 0 aliphatic heterocycles. The van der Waals surface area contributed by atoms with Gasteiger partial charge in [-0.05, 0) is 52.3 Å². The number of aryl methyl sites for hydroxylation is 2. The summed E-state index contributed by atoms with van der Waals surface area (Å²) in [6.07, 6.45) is 1.06. The van der Waals surface area contributed by atoms with Gasteiger partial charge < -0.3 is 14.3 Å². The van der Waals surface area contributed by atoms with Gasteiger partial charge in [-0.25, -0.2) is 4.98 Å². The van der Waals surface area contributed by atoms with E-state index in [0.29, 0.717) is 35.1 Å². The third kappa shape index (κ3) is 4.67. The predicted octanol–water partition coefficient (Wildman–Crippen LogP) is 3.67. The van der Waals surface area contributed by atoms with Crippen LogP contribution in [0, 0.1) is 13.8 Å². The number of benzene rings is 1. The normalized spacial score (nSPS) is 11.2. The van der Waals surface area contributed by atoms with Crippen LogP contribution in [0.2, 0.25) is 0 Å². The average Bonchev–Trinajstić information content (AvgIpc) is 3.00. The van der Waals surface area contributed by atoms with Gasteiger partial charge in [0.15, 0.2) is 6.61 Å². The van der Waals surface area contributed by atoms with Crippen LogP contribution in [-0.2, 0) is 16.0 Å². The maximum Gasteiger partial charge on any atom is 0.306 e. The van der Waals surface area contributed by atoms with Crippen LogP contribution in [0.3, 0.4) is 0 Å². The van der Waals surface area contributed by atoms with E-state index in [1.165, 1.54) is 0 Å². The number of carbonyl (C=O) groups excluding carboxylic acids is 2. The molecule has 3 rings (SSSR count). The molecule has 0 radical (unpaired) electrons. The highest BCUT2D eigenvalue weighted by Gasteiger charge is 2.18. The zero-order valence-corrected chi connectivity index (χ0v) is 17.8. The van der Waals surface area contributed by atoms with Crippen molar-refractivity contribution in [3.05, 3.63) is 63.5 Å². The van der Waals surface area contributed by atoms with Crippen molar-refractivity contribution in [3.63, 3.8) is 0 Å². The maximum atomic E-state index is 12.5. The molecule has 0 amide bonds. The quantitative estimate of drug-likeness (QED) is 0.452. The Hall–Kier alpha value is -3.22. The number of esters is 1. The lowest BCUT2D eigenvalue weighted by atomic mass is 10.1. The summed E-state index contributed by atoms with van der Waals surface area (Å²) in [6, 6.07) is 9.21. The molecule has 30 heavy (non-hydrogen) atoms. The number of ketones is 1. The number of Topliss-reactive ketones (excluding diaryl/α,β-unsaturated/α-hetero) is 1. The standard InChI is InChI=1S/C23H27N3O4/c1-14(2)26-15(3)12-18(16(26)4)20(27)13-30-22(28)11-7-10-21-24-19-9-6-5-8-17(19)23(29)25-21/h5-6,8-9,12,14H,7,10-11,13H2,1-4H3,(H,24,25,29). The zero-order valence-electron chi connectivity index (χ0n) is 17.8. The topological polar surface area (TPSA) is 94.1 Å². The SMILES string of the molecule is Cc1cc(C(=O)COC(=O)CCCc2nc3ccccc3c(=O)[nH]2)c(C)n1C(C)C. The molecule has 0 fully saturated rings. The number of ether oxygens (including phenoxy) is 1. The summed E-state index contributed by atoms with van der Waals surface area (Å²) in [4.78, 5) is 43.8. The van der Waals surface area contributed by atoms with Crippen molar-refractivity contribution in [1.82, 2.24) is 14.5 Å². The van der Waals surface area contributed by atoms with Crippen molar-refractivity contribution in [2.45, 2.75) is 53.0 Å². The van der Waals surface area contributed by atoms with Gasteiger partial charge in [0.2, 0.25) is 5.78 Å². The summed E-state index contributed by atoms with van der Waals surface area (Å²) in [5, 5.41) is 0.538. The Morgan fingerprint density at radius 3 is 2.63 bits per heavy atom. The number of rotatable bonds is 8. The minimum Gasteiger partial charge on any atom is -0.457 e. The molecule has 158 valence electrons. The summed E-state index contributed by atoms with van der Waals surface area (Å²) in [5.41, 5.74) is 2.92. The molecule has 3 aromatic rings. The number of nitrogens with zero attached hydrogens (tertiary/aromatic N) is 2. The molecule has 1 aromatic carbocycles. The third-order valence-electron chi connectivity index (χ3n) is 5.12. The highest BCUT2D eigenvalue weighted by molar-refractivity contribution is 5.99. The molecule has 1 N–H and O–H groups in total. The van der Waals surface area contributed by atoms with Crippen LogP contribution in [-0.4, -0.2) is 32.9 Å². The van der Waals surface area contributed by atoms with Crippen molar-refractivity contribution in [2.75, 3.05) is 6.61 Å². The minimum absolute atomic E-state index is 0.148. The van der Waals surface area contributed by atoms with Gasteiger partial charge in [-0.1, -0.05) is 12.1 Å². The predicted molar refractivity (Wildman–Crippen MR) is 115 cm³/mol. The summed E-state index contributed by atoms with van der Waals surface area (Å²) < 4.78 is 7.25. The molecule has 0 atom stereocenters. The van der Waals surface area contributed by atoms with Crippen molar-refractivity contribution >= 4 is 22.7 Å². The first-order valence-electron chi connectivity index (χ1n) is 10.1. The molecule has 7 heteroatoms. The van der Waals surface area contributed by atoms with Crippen LogP contribution in [0.5, 0.6) is 0 Å². The van der Waals surface area contributed by atoms with Crippen LogP contribution in [0.1, 0.15) is 60.3 Å². The van der Waals surface area contributed by atoms with Gasteiger partial charge in [0.25, 0.3) is 5.56 Å². The molecule has 2 aromatic heterocycles. The van der Waals surface area contributed by atoms with Crippen LogP contribution < -0.4 is 5.56 Å². The van der Waals surface area contributed by atoms with E-state index in [1.807, 2.05) is 26.0 Å². The van der Waals surface area contributed by atoms with Crippen molar-refractivity contribution < 1.29 is 14.3 Å². The molecule has 0 spiro atoms. The Labute approximate surface area is 175 Å². The lowest BCUT2D eigenvalue weighted by molar-refractivity contribution is -0.142. The average molecular weight is 409 g/mol. The molecule has 0 aliphatic rings. The Morgan fingerprint density at radius 2 is 1.93 bits per heavy atom. The van der Waals surface area contributed by atoms with Gasteiger partial charge in [-0.15, -0.1) is 0 Å². The highest BCUT2D eigenvalue weighted by atomic mass is 16.5. The first kappa shape index (κ1) is 21.5. The fourth-order valence-electron chi connectivity index (χ4n) is 3.80. The van der Waals surface area contributed by atoms with Crippen molar-refractivity contribution in [2.24, 2.45) is 0 Å². The van der Waals surface area contributed by atoms with Crippen LogP contribution in [0.4, 0.5) is 0 Å². The number of fused-ring (bicyclic) bond motifs is 1. The monoisotopic (exact) mass is 409 g/mol. The maximum absolute atomic E-state index is 12.5. The van der Waals surface area contributed by atoms with E-state index in [9.17, 15) is 14.4 Å². The zero-order chi connectivity index (χ0) is 21.8. The second-order valence-electron chi connectivity index (χ2n) is 7.72. The second-order valence-corrected chi connectivity index (χ2v) is 7.72. The van der Waals surface area contributed by atoms with Gasteiger partial charge in [0.05, 0.1) is 10.9 Å². The first-order valence-corrected chi connectivity index (χ1v) is 10.1. The number of aromatic amines is 1. The Balaban J connectivity index is 1.51. The fourth-order valence-corrected chi connectivity index (χ4v) is 3.80. The van der Waals surface area contributed by atoms with E-state index in [2.05, 4.69) is 28.4 Å². The van der Waals surface area contributed by atoms with E-state index in [0.717, 1.165) is 11.4 Å². The van der Waals surface area contributed by atoms with Gasteiger partial charge in [0, 0.05) is 35.8 Å². The van der Waals surface area contributed by atoms with E-state index >= 15 is 0 Å². The van der Waals surface area contributed by atoms with Crippen LogP contribution >= 0.6 is 0 Å². The summed E-state index contributed by atoms with van der Waals surface area (Å²) >= 11 is 0. The molecule has 0 bridgehead atoms. The Bertz CT molecular complexity index is 1140. The van der Waals surface area contributed by atoms with E-state index in [4.69, 9.17) is 4.74 Å². The van der Waals surface area contributed by atoms with Gasteiger partial charge in [-0.2, -0.15) is 0 Å². The number of carbonyl (C=O) groups is 2. The number of H-pyrrole nitrogens is 1. The van der Waals surface area contributed by atoms with Gasteiger partial charge in [-0.3, -0.25) is 14.4 Å². The van der Waals surface area contributed by atoms with Crippen LogP contribution in [0.25, 0.3) is 10.9 Å². The largest absolute Gasteiger partial charge is 0.457 e. The molecule has 0 saturated heterocycles. The second kappa shape index (κ2) is 9.07. The number of nitrogens with one attached hydrogen (secondary N) is 1. The Morgan fingerprint density at radius 1 is 1.20 bits per heavy atom. The number of hydrogen-bond donors (Lipinski definition) is 1. The van der Waals surface area contributed by atoms with Gasteiger partial charge >= 0.3 is 5.97 Å². The van der Waals surface area contributed by atoms with Gasteiger partial charge in [0.1, 0.15) is 5.82 Å². The third-order valence-corrected chi connectivity index (χ3v) is 5.12. The van der Waals surface area contributed by atoms with Crippen molar-refractivity contribution in [1.29, 1.82) is 0 Å². The lowest BCUT2D eigenvalue weighted by Gasteiger charge is -2.13. The molecule has 0 aliphatic carbocycles. The highest BCUT2D eigenvalue weighted by Crippen LogP contribution is 2.20. The minimum atomic E-state index is -0.441. The Kier molecular flexibility index (Phi) is 6.50. The van der Waals surface area contributed by atoms with Crippen molar-refractivity contribution in [3.8, 4) is 0 Å². The van der Waals surface area contributed by atoms with E-state index in [1.54, 1.807) is 18.2 Å². The molecular weight excluding hydrogens is 382 g/mol. The molecule has 2 heterocycles. The number of para-hydroxylation sites is 1. The smallest absolute Gasteiger partial charge is 0.306 e. The summed E-state index contributed by atoms with van der Waals surface area (Å²) in [5.74, 6) is -0.114. The van der Waals surface area contributed by atoms with E-state index in [-0.39, 0.29) is 30.4 Å². The summed E-state index contributed by atoms with van der Waals surface area (Å²) in [6.45, 7) is 7.71. The first-order chi connectivity index (χ1) is 14.3. The molecule has 0 unspecified atom stereocenters. The van der Waals surface area contributed by atoms with E-state index < -0.39 is 5.97 Å². The number of hydrogen-bond acceptors (Lipinski definition) is 5. The molecule has 0 saturated carbocycles. The summed E-state index contributed by atoms with van der Waals surface area (Å²) in [7, 11) is 0. The fraction of sp³-hybridized carbons (Fsp3) is 0.391. The number of aromatic nitrogens is 3. The molecular formula is C23H27N3O4.